The zero-order valence-corrected chi connectivity index (χ0v) is 18.3. The summed E-state index contributed by atoms with van der Waals surface area (Å²) in [5, 5.41) is 4.53. The number of thiophene rings is 1. The molecule has 4 rings (SSSR count). The van der Waals surface area contributed by atoms with E-state index in [1.54, 1.807) is 18.2 Å². The Balaban J connectivity index is 1.49. The molecule has 2 radical (unpaired) electrons. The van der Waals surface area contributed by atoms with E-state index in [9.17, 15) is 13.2 Å². The second-order valence-corrected chi connectivity index (χ2v) is 9.57. The summed E-state index contributed by atoms with van der Waals surface area (Å²) < 4.78 is 38.0. The lowest BCUT2D eigenvalue weighted by Gasteiger charge is -2.30. The maximum atomic E-state index is 13.1. The maximum absolute atomic E-state index is 13.1. The molecule has 9 heteroatoms. The number of carbonyl (C=O) groups excluding carboxylic acids is 1. The van der Waals surface area contributed by atoms with Crippen LogP contribution in [0.25, 0.3) is 0 Å². The molecule has 1 aliphatic rings. The van der Waals surface area contributed by atoms with Crippen LogP contribution in [0.1, 0.15) is 22.1 Å². The van der Waals surface area contributed by atoms with Crippen LogP contribution in [-0.4, -0.2) is 32.5 Å². The second kappa shape index (κ2) is 9.09. The molecule has 0 bridgehead atoms. The van der Waals surface area contributed by atoms with Gasteiger partial charge in [-0.2, -0.15) is 4.31 Å². The average molecular weight is 457 g/mol. The summed E-state index contributed by atoms with van der Waals surface area (Å²) in [5.74, 6) is 0.557. The van der Waals surface area contributed by atoms with Crippen molar-refractivity contribution in [1.82, 2.24) is 9.62 Å². The number of nitrogens with one attached hydrogen (secondary N) is 1. The van der Waals surface area contributed by atoms with Crippen molar-refractivity contribution in [2.75, 3.05) is 13.7 Å². The molecule has 1 aliphatic heterocycles. The molecule has 0 saturated heterocycles. The van der Waals surface area contributed by atoms with Gasteiger partial charge in [0.05, 0.1) is 23.4 Å². The Morgan fingerprint density at radius 2 is 1.90 bits per heavy atom. The normalized spacial score (nSPS) is 16.4. The van der Waals surface area contributed by atoms with Crippen LogP contribution in [0.15, 0.2) is 70.9 Å². The van der Waals surface area contributed by atoms with Crippen LogP contribution in [0.5, 0.6) is 5.75 Å². The minimum atomic E-state index is -3.87. The zero-order chi connectivity index (χ0) is 21.8. The van der Waals surface area contributed by atoms with Gasteiger partial charge in [-0.25, -0.2) is 13.2 Å². The van der Waals surface area contributed by atoms with Crippen LogP contribution in [0, 0.1) is 6.54 Å². The van der Waals surface area contributed by atoms with Gasteiger partial charge in [-0.05, 0) is 46.8 Å². The molecule has 1 amide bonds. The Kier molecular flexibility index (Phi) is 6.26. The molecule has 7 nitrogen and oxygen atoms in total. The first-order valence-electron chi connectivity index (χ1n) is 9.46. The first-order valence-corrected chi connectivity index (χ1v) is 11.8. The number of methoxy groups -OCH3 is 1. The number of rotatable bonds is 6. The lowest BCUT2D eigenvalue weighted by Crippen LogP contribution is -2.38. The molecule has 160 valence electrons. The lowest BCUT2D eigenvalue weighted by atomic mass is 10.1. The van der Waals surface area contributed by atoms with Crippen LogP contribution >= 0.6 is 11.3 Å². The maximum Gasteiger partial charge on any atom is 0.408 e. The summed E-state index contributed by atoms with van der Waals surface area (Å²) >= 11 is 1.40. The quantitative estimate of drug-likeness (QED) is 0.610. The van der Waals surface area contributed by atoms with Gasteiger partial charge < -0.3 is 14.8 Å². The van der Waals surface area contributed by atoms with Gasteiger partial charge in [-0.15, -0.1) is 11.3 Å². The molecule has 1 aromatic heterocycles. The number of hydrogen-bond acceptors (Lipinski definition) is 6. The van der Waals surface area contributed by atoms with E-state index in [4.69, 9.17) is 9.47 Å². The highest BCUT2D eigenvalue weighted by molar-refractivity contribution is 7.89. The SMILES string of the molecule is COc1ccc(S(=O)(=O)N2[C]c3ccsc3C(OC(=O)NCc3ccccc3)C2)cc1. The number of fused-ring (bicyclic) bond motifs is 1. The standard InChI is InChI=1S/C22H20N2O5S2/c1-28-18-7-9-19(10-8-18)31(26,27)24-14-17-11-12-30-21(17)20(15-24)29-22(25)23-13-16-5-3-2-4-6-16/h2-12,20H,13,15H2,1H3,(H,23,25). The van der Waals surface area contributed by atoms with Crippen LogP contribution in [-0.2, 0) is 21.3 Å². The Hall–Kier alpha value is -2.88. The van der Waals surface area contributed by atoms with E-state index in [0.717, 1.165) is 14.7 Å². The first kappa shape index (κ1) is 21.4. The van der Waals surface area contributed by atoms with Crippen molar-refractivity contribution < 1.29 is 22.7 Å². The largest absolute Gasteiger partial charge is 0.497 e. The minimum absolute atomic E-state index is 0.0549. The predicted molar refractivity (Wildman–Crippen MR) is 116 cm³/mol. The summed E-state index contributed by atoms with van der Waals surface area (Å²) in [5.41, 5.74) is 1.53. The first-order chi connectivity index (χ1) is 15.0. The van der Waals surface area contributed by atoms with Gasteiger partial charge in [0.25, 0.3) is 0 Å². The fourth-order valence-electron chi connectivity index (χ4n) is 3.14. The molecule has 0 fully saturated rings. The molecular formula is C22H20N2O5S2. The number of hydrogen-bond donors (Lipinski definition) is 1. The highest BCUT2D eigenvalue weighted by Gasteiger charge is 2.37. The second-order valence-electron chi connectivity index (χ2n) is 6.76. The Labute approximate surface area is 185 Å². The highest BCUT2D eigenvalue weighted by atomic mass is 32.2. The van der Waals surface area contributed by atoms with Crippen LogP contribution in [0.4, 0.5) is 4.79 Å². The number of alkyl carbamates (subject to hydrolysis) is 1. The highest BCUT2D eigenvalue weighted by Crippen LogP contribution is 2.37. The molecule has 2 aromatic carbocycles. The van der Waals surface area contributed by atoms with Gasteiger partial charge in [-0.1, -0.05) is 30.3 Å². The van der Waals surface area contributed by atoms with Crippen LogP contribution in [0.2, 0.25) is 0 Å². The summed E-state index contributed by atoms with van der Waals surface area (Å²) in [6.07, 6.45) is -1.35. The molecule has 3 aromatic rings. The summed E-state index contributed by atoms with van der Waals surface area (Å²) in [4.78, 5) is 13.2. The number of carbonyl (C=O) groups is 1. The Morgan fingerprint density at radius 3 is 2.61 bits per heavy atom. The molecule has 2 heterocycles. The minimum Gasteiger partial charge on any atom is -0.497 e. The van der Waals surface area contributed by atoms with E-state index >= 15 is 0 Å². The van der Waals surface area contributed by atoms with E-state index in [1.165, 1.54) is 30.6 Å². The molecule has 31 heavy (non-hydrogen) atoms. The van der Waals surface area contributed by atoms with E-state index in [0.29, 0.717) is 17.9 Å². The third-order valence-electron chi connectivity index (χ3n) is 4.74. The summed E-state index contributed by atoms with van der Waals surface area (Å²) in [7, 11) is -2.36. The van der Waals surface area contributed by atoms with Gasteiger partial charge in [0.2, 0.25) is 10.0 Å². The van der Waals surface area contributed by atoms with Crippen molar-refractivity contribution in [2.24, 2.45) is 0 Å². The zero-order valence-electron chi connectivity index (χ0n) is 16.6. The number of nitrogens with zero attached hydrogens (tertiary/aromatic N) is 1. The molecule has 1 N–H and O–H groups in total. The third kappa shape index (κ3) is 4.73. The molecule has 0 spiro atoms. The monoisotopic (exact) mass is 456 g/mol. The van der Waals surface area contributed by atoms with Crippen LogP contribution in [0.3, 0.4) is 0 Å². The average Bonchev–Trinajstić information content (AvgIpc) is 3.27. The van der Waals surface area contributed by atoms with Gasteiger partial charge in [0.1, 0.15) is 12.3 Å². The van der Waals surface area contributed by atoms with Crippen molar-refractivity contribution >= 4 is 27.5 Å². The molecule has 0 aliphatic carbocycles. The van der Waals surface area contributed by atoms with Crippen molar-refractivity contribution in [3.05, 3.63) is 88.6 Å². The Bertz CT molecular complexity index is 1140. The summed E-state index contributed by atoms with van der Waals surface area (Å²) in [6, 6.07) is 17.3. The van der Waals surface area contributed by atoms with E-state index in [1.807, 2.05) is 35.7 Å². The number of sulfonamides is 1. The number of ether oxygens (including phenoxy) is 2. The number of amides is 1. The van der Waals surface area contributed by atoms with Crippen molar-refractivity contribution in [2.45, 2.75) is 17.5 Å². The molecule has 0 saturated carbocycles. The van der Waals surface area contributed by atoms with Crippen molar-refractivity contribution in [3.63, 3.8) is 0 Å². The number of benzene rings is 2. The van der Waals surface area contributed by atoms with E-state index in [-0.39, 0.29) is 11.4 Å². The van der Waals surface area contributed by atoms with E-state index < -0.39 is 22.2 Å². The molecular weight excluding hydrogens is 436 g/mol. The van der Waals surface area contributed by atoms with Crippen LogP contribution < -0.4 is 10.1 Å². The predicted octanol–water partition coefficient (Wildman–Crippen LogP) is 3.82. The Morgan fingerprint density at radius 1 is 1.16 bits per heavy atom. The fourth-order valence-corrected chi connectivity index (χ4v) is 5.29. The van der Waals surface area contributed by atoms with Crippen molar-refractivity contribution in [3.8, 4) is 5.75 Å². The third-order valence-corrected chi connectivity index (χ3v) is 7.44. The van der Waals surface area contributed by atoms with Gasteiger partial charge >= 0.3 is 6.09 Å². The molecule has 1 atom stereocenters. The fraction of sp³-hybridized carbons (Fsp3) is 0.182. The van der Waals surface area contributed by atoms with Crippen molar-refractivity contribution in [1.29, 1.82) is 0 Å². The summed E-state index contributed by atoms with van der Waals surface area (Å²) in [6.45, 7) is 3.18. The lowest BCUT2D eigenvalue weighted by molar-refractivity contribution is 0.0861. The topological polar surface area (TPSA) is 84.9 Å². The van der Waals surface area contributed by atoms with Gasteiger partial charge in [0.15, 0.2) is 6.10 Å². The van der Waals surface area contributed by atoms with E-state index in [2.05, 4.69) is 11.9 Å². The van der Waals surface area contributed by atoms with Gasteiger partial charge in [0, 0.05) is 6.54 Å². The van der Waals surface area contributed by atoms with Gasteiger partial charge in [-0.3, -0.25) is 0 Å². The smallest absolute Gasteiger partial charge is 0.408 e. The molecule has 1 unspecified atom stereocenters.